The SMILES string of the molecule is CCCC(NC)c1cc2cc(OCC)ccc2o1. The highest BCUT2D eigenvalue weighted by molar-refractivity contribution is 5.79. The van der Waals surface area contributed by atoms with Gasteiger partial charge in [-0.3, -0.25) is 0 Å². The Morgan fingerprint density at radius 1 is 1.28 bits per heavy atom. The minimum absolute atomic E-state index is 0.290. The van der Waals surface area contributed by atoms with Crippen molar-refractivity contribution in [3.05, 3.63) is 30.0 Å². The second-order valence-electron chi connectivity index (χ2n) is 4.41. The van der Waals surface area contributed by atoms with Crippen LogP contribution < -0.4 is 10.1 Å². The van der Waals surface area contributed by atoms with Crippen LogP contribution in [0.4, 0.5) is 0 Å². The molecule has 2 aromatic rings. The van der Waals surface area contributed by atoms with Crippen molar-refractivity contribution in [2.75, 3.05) is 13.7 Å². The zero-order valence-corrected chi connectivity index (χ0v) is 11.3. The molecule has 0 bridgehead atoms. The zero-order chi connectivity index (χ0) is 13.0. The van der Waals surface area contributed by atoms with Crippen LogP contribution in [0.15, 0.2) is 28.7 Å². The summed E-state index contributed by atoms with van der Waals surface area (Å²) in [6.45, 7) is 4.86. The lowest BCUT2D eigenvalue weighted by Gasteiger charge is -2.11. The Morgan fingerprint density at radius 3 is 2.78 bits per heavy atom. The van der Waals surface area contributed by atoms with E-state index in [1.807, 2.05) is 32.2 Å². The third-order valence-electron chi connectivity index (χ3n) is 3.09. The van der Waals surface area contributed by atoms with Crippen LogP contribution >= 0.6 is 0 Å². The van der Waals surface area contributed by atoms with E-state index in [1.54, 1.807) is 0 Å². The maximum Gasteiger partial charge on any atom is 0.134 e. The van der Waals surface area contributed by atoms with Crippen molar-refractivity contribution in [2.45, 2.75) is 32.7 Å². The average Bonchev–Trinajstić information content (AvgIpc) is 2.79. The first kappa shape index (κ1) is 13.0. The van der Waals surface area contributed by atoms with Crippen LogP contribution in [-0.4, -0.2) is 13.7 Å². The summed E-state index contributed by atoms with van der Waals surface area (Å²) in [4.78, 5) is 0. The summed E-state index contributed by atoms with van der Waals surface area (Å²) in [5.74, 6) is 1.90. The molecule has 2 rings (SSSR count). The van der Waals surface area contributed by atoms with Gasteiger partial charge in [0.25, 0.3) is 0 Å². The molecule has 0 aliphatic heterocycles. The summed E-state index contributed by atoms with van der Waals surface area (Å²) in [6, 6.07) is 8.35. The Hall–Kier alpha value is -1.48. The summed E-state index contributed by atoms with van der Waals surface area (Å²) in [6.07, 6.45) is 2.21. The van der Waals surface area contributed by atoms with Gasteiger partial charge in [-0.05, 0) is 44.7 Å². The maximum atomic E-state index is 5.89. The second-order valence-corrected chi connectivity index (χ2v) is 4.41. The molecule has 0 saturated heterocycles. The van der Waals surface area contributed by atoms with E-state index in [0.717, 1.165) is 35.3 Å². The van der Waals surface area contributed by atoms with E-state index in [1.165, 1.54) is 0 Å². The molecule has 0 saturated carbocycles. The second kappa shape index (κ2) is 5.91. The van der Waals surface area contributed by atoms with Gasteiger partial charge in [0, 0.05) is 5.39 Å². The van der Waals surface area contributed by atoms with Gasteiger partial charge >= 0.3 is 0 Å². The number of ether oxygens (including phenoxy) is 1. The lowest BCUT2D eigenvalue weighted by molar-refractivity contribution is 0.340. The van der Waals surface area contributed by atoms with Crippen LogP contribution in [0.25, 0.3) is 11.0 Å². The fourth-order valence-electron chi connectivity index (χ4n) is 2.19. The molecule has 98 valence electrons. The third-order valence-corrected chi connectivity index (χ3v) is 3.09. The number of furan rings is 1. The molecule has 3 nitrogen and oxygen atoms in total. The Balaban J connectivity index is 2.31. The van der Waals surface area contributed by atoms with E-state index in [0.29, 0.717) is 6.61 Å². The minimum atomic E-state index is 0.290. The summed E-state index contributed by atoms with van der Waals surface area (Å²) in [5, 5.41) is 4.40. The van der Waals surface area contributed by atoms with Crippen molar-refractivity contribution in [2.24, 2.45) is 0 Å². The van der Waals surface area contributed by atoms with E-state index in [2.05, 4.69) is 18.3 Å². The molecule has 1 aromatic carbocycles. The Bertz CT molecular complexity index is 504. The van der Waals surface area contributed by atoms with Crippen LogP contribution in [0, 0.1) is 0 Å². The molecule has 0 amide bonds. The van der Waals surface area contributed by atoms with Crippen LogP contribution in [0.1, 0.15) is 38.5 Å². The maximum absolute atomic E-state index is 5.89. The van der Waals surface area contributed by atoms with Crippen molar-refractivity contribution < 1.29 is 9.15 Å². The van der Waals surface area contributed by atoms with Gasteiger partial charge in [0.2, 0.25) is 0 Å². The monoisotopic (exact) mass is 247 g/mol. The van der Waals surface area contributed by atoms with Crippen molar-refractivity contribution >= 4 is 11.0 Å². The first-order valence-electron chi connectivity index (χ1n) is 6.62. The van der Waals surface area contributed by atoms with E-state index in [-0.39, 0.29) is 6.04 Å². The molecule has 1 unspecified atom stereocenters. The van der Waals surface area contributed by atoms with Crippen molar-refractivity contribution in [1.29, 1.82) is 0 Å². The molecular weight excluding hydrogens is 226 g/mol. The third kappa shape index (κ3) is 2.67. The fourth-order valence-corrected chi connectivity index (χ4v) is 2.19. The molecule has 1 aromatic heterocycles. The predicted octanol–water partition coefficient (Wildman–Crippen LogP) is 3.89. The lowest BCUT2D eigenvalue weighted by Crippen LogP contribution is -2.15. The Labute approximate surface area is 108 Å². The normalized spacial score (nSPS) is 12.8. The number of hydrogen-bond donors (Lipinski definition) is 1. The highest BCUT2D eigenvalue weighted by Crippen LogP contribution is 2.28. The first-order valence-corrected chi connectivity index (χ1v) is 6.62. The quantitative estimate of drug-likeness (QED) is 0.840. The minimum Gasteiger partial charge on any atom is -0.494 e. The highest BCUT2D eigenvalue weighted by Gasteiger charge is 2.13. The van der Waals surface area contributed by atoms with Gasteiger partial charge in [0.1, 0.15) is 17.1 Å². The van der Waals surface area contributed by atoms with E-state index in [4.69, 9.17) is 9.15 Å². The molecule has 0 spiro atoms. The van der Waals surface area contributed by atoms with Crippen LogP contribution in [-0.2, 0) is 0 Å². The Kier molecular flexibility index (Phi) is 4.26. The number of rotatable bonds is 6. The molecule has 18 heavy (non-hydrogen) atoms. The molecule has 0 fully saturated rings. The summed E-state index contributed by atoms with van der Waals surface area (Å²) >= 11 is 0. The van der Waals surface area contributed by atoms with Gasteiger partial charge < -0.3 is 14.5 Å². The molecule has 0 aliphatic carbocycles. The predicted molar refractivity (Wildman–Crippen MR) is 74.1 cm³/mol. The van der Waals surface area contributed by atoms with E-state index < -0.39 is 0 Å². The first-order chi connectivity index (χ1) is 8.78. The number of fused-ring (bicyclic) bond motifs is 1. The van der Waals surface area contributed by atoms with Crippen LogP contribution in [0.3, 0.4) is 0 Å². The standard InChI is InChI=1S/C15H21NO2/c1-4-6-13(16-3)15-10-11-9-12(17-5-2)7-8-14(11)18-15/h7-10,13,16H,4-6H2,1-3H3. The topological polar surface area (TPSA) is 34.4 Å². The molecular formula is C15H21NO2. The Morgan fingerprint density at radius 2 is 2.11 bits per heavy atom. The van der Waals surface area contributed by atoms with Crippen LogP contribution in [0.5, 0.6) is 5.75 Å². The van der Waals surface area contributed by atoms with Crippen molar-refractivity contribution in [3.63, 3.8) is 0 Å². The van der Waals surface area contributed by atoms with Crippen molar-refractivity contribution in [1.82, 2.24) is 5.32 Å². The van der Waals surface area contributed by atoms with Gasteiger partial charge in [-0.15, -0.1) is 0 Å². The zero-order valence-electron chi connectivity index (χ0n) is 11.3. The molecule has 1 atom stereocenters. The summed E-state index contributed by atoms with van der Waals surface area (Å²) in [7, 11) is 1.97. The molecule has 3 heteroatoms. The summed E-state index contributed by atoms with van der Waals surface area (Å²) < 4.78 is 11.4. The smallest absolute Gasteiger partial charge is 0.134 e. The molecule has 1 heterocycles. The van der Waals surface area contributed by atoms with Gasteiger partial charge in [0.15, 0.2) is 0 Å². The van der Waals surface area contributed by atoms with E-state index in [9.17, 15) is 0 Å². The van der Waals surface area contributed by atoms with Crippen molar-refractivity contribution in [3.8, 4) is 5.75 Å². The van der Waals surface area contributed by atoms with Gasteiger partial charge in [0.05, 0.1) is 12.6 Å². The lowest BCUT2D eigenvalue weighted by atomic mass is 10.1. The molecule has 0 radical (unpaired) electrons. The molecule has 0 aliphatic rings. The van der Waals surface area contributed by atoms with Gasteiger partial charge in [-0.25, -0.2) is 0 Å². The number of benzene rings is 1. The largest absolute Gasteiger partial charge is 0.494 e. The highest BCUT2D eigenvalue weighted by atomic mass is 16.5. The van der Waals surface area contributed by atoms with Crippen LogP contribution in [0.2, 0.25) is 0 Å². The van der Waals surface area contributed by atoms with E-state index >= 15 is 0 Å². The fraction of sp³-hybridized carbons (Fsp3) is 0.467. The van der Waals surface area contributed by atoms with Gasteiger partial charge in [-0.2, -0.15) is 0 Å². The number of hydrogen-bond acceptors (Lipinski definition) is 3. The number of nitrogens with one attached hydrogen (secondary N) is 1. The average molecular weight is 247 g/mol. The summed E-state index contributed by atoms with van der Waals surface area (Å²) in [5.41, 5.74) is 0.921. The molecule has 1 N–H and O–H groups in total. The van der Waals surface area contributed by atoms with Gasteiger partial charge in [-0.1, -0.05) is 13.3 Å².